The SMILES string of the molecule is CC#CC(CC(=O)O)c1ccc(OCC[C@@H](C)Oc2ccc(C(F)(F)F)cc2Cl)cc1. The third-order valence-electron chi connectivity index (χ3n) is 4.36. The lowest BCUT2D eigenvalue weighted by Gasteiger charge is -2.17. The Hall–Kier alpha value is -2.85. The van der Waals surface area contributed by atoms with Crippen LogP contribution < -0.4 is 9.47 Å². The molecule has 8 heteroatoms. The van der Waals surface area contributed by atoms with Crippen molar-refractivity contribution < 1.29 is 32.5 Å². The van der Waals surface area contributed by atoms with E-state index >= 15 is 0 Å². The fraction of sp³-hybridized carbons (Fsp3) is 0.348. The lowest BCUT2D eigenvalue weighted by Crippen LogP contribution is -2.16. The van der Waals surface area contributed by atoms with Crippen LogP contribution >= 0.6 is 11.6 Å². The van der Waals surface area contributed by atoms with Crippen molar-refractivity contribution in [3.05, 3.63) is 58.6 Å². The molecule has 0 fully saturated rings. The van der Waals surface area contributed by atoms with E-state index in [0.717, 1.165) is 17.7 Å². The monoisotopic (exact) mass is 454 g/mol. The summed E-state index contributed by atoms with van der Waals surface area (Å²) >= 11 is 5.90. The first-order valence-corrected chi connectivity index (χ1v) is 9.88. The van der Waals surface area contributed by atoms with Gasteiger partial charge in [0.2, 0.25) is 0 Å². The molecule has 0 aliphatic rings. The zero-order valence-electron chi connectivity index (χ0n) is 17.0. The Morgan fingerprint density at radius 1 is 1.19 bits per heavy atom. The maximum atomic E-state index is 12.7. The zero-order chi connectivity index (χ0) is 23.0. The Kier molecular flexibility index (Phi) is 8.64. The van der Waals surface area contributed by atoms with E-state index in [-0.39, 0.29) is 23.3 Å². The predicted octanol–water partition coefficient (Wildman–Crippen LogP) is 6.18. The standard InChI is InChI=1S/C23H22ClF3O4/c1-3-4-17(13-22(28)29)16-5-8-19(9-6-16)30-12-11-15(2)31-21-10-7-18(14-20(21)24)23(25,26)27/h5-10,14-15,17H,11-13H2,1-2H3,(H,28,29)/t15-,17?/m1/s1. The van der Waals surface area contributed by atoms with Crippen LogP contribution in [0.25, 0.3) is 0 Å². The highest BCUT2D eigenvalue weighted by atomic mass is 35.5. The van der Waals surface area contributed by atoms with E-state index in [1.165, 1.54) is 6.07 Å². The van der Waals surface area contributed by atoms with Gasteiger partial charge in [0.1, 0.15) is 11.5 Å². The Morgan fingerprint density at radius 2 is 1.87 bits per heavy atom. The summed E-state index contributed by atoms with van der Waals surface area (Å²) in [6.07, 6.45) is -4.41. The Balaban J connectivity index is 1.87. The summed E-state index contributed by atoms with van der Waals surface area (Å²) in [5.41, 5.74) is -0.0439. The van der Waals surface area contributed by atoms with E-state index < -0.39 is 23.6 Å². The maximum absolute atomic E-state index is 12.7. The second kappa shape index (κ2) is 11.0. The number of aliphatic carboxylic acids is 1. The first-order valence-electron chi connectivity index (χ1n) is 9.50. The number of carbonyl (C=O) groups is 1. The molecule has 0 heterocycles. The first-order chi connectivity index (χ1) is 14.6. The number of hydrogen-bond acceptors (Lipinski definition) is 3. The quantitative estimate of drug-likeness (QED) is 0.460. The molecule has 4 nitrogen and oxygen atoms in total. The number of hydrogen-bond donors (Lipinski definition) is 1. The van der Waals surface area contributed by atoms with Gasteiger partial charge in [0.05, 0.1) is 35.6 Å². The minimum absolute atomic E-state index is 0.0809. The molecule has 1 unspecified atom stereocenters. The van der Waals surface area contributed by atoms with E-state index in [1.807, 2.05) is 0 Å². The van der Waals surface area contributed by atoms with E-state index in [4.69, 9.17) is 26.2 Å². The molecule has 2 aromatic rings. The molecular formula is C23H22ClF3O4. The molecule has 2 atom stereocenters. The van der Waals surface area contributed by atoms with Gasteiger partial charge in [-0.25, -0.2) is 0 Å². The fourth-order valence-corrected chi connectivity index (χ4v) is 3.01. The normalized spacial score (nSPS) is 13.0. The molecule has 166 valence electrons. The Bertz CT molecular complexity index is 946. The van der Waals surface area contributed by atoms with Gasteiger partial charge in [0.15, 0.2) is 0 Å². The predicted molar refractivity (Wildman–Crippen MR) is 112 cm³/mol. The molecule has 1 N–H and O–H groups in total. The van der Waals surface area contributed by atoms with E-state index in [9.17, 15) is 18.0 Å². The molecule has 2 aromatic carbocycles. The molecule has 0 spiro atoms. The number of rotatable bonds is 9. The van der Waals surface area contributed by atoms with E-state index in [0.29, 0.717) is 18.8 Å². The summed E-state index contributed by atoms with van der Waals surface area (Å²) in [7, 11) is 0. The largest absolute Gasteiger partial charge is 0.493 e. The molecule has 0 radical (unpaired) electrons. The summed E-state index contributed by atoms with van der Waals surface area (Å²) < 4.78 is 49.4. The van der Waals surface area contributed by atoms with Gasteiger partial charge in [0.25, 0.3) is 0 Å². The number of ether oxygens (including phenoxy) is 2. The van der Waals surface area contributed by atoms with Gasteiger partial charge >= 0.3 is 12.1 Å². The van der Waals surface area contributed by atoms with Crippen molar-refractivity contribution in [1.29, 1.82) is 0 Å². The summed E-state index contributed by atoms with van der Waals surface area (Å²) in [5, 5.41) is 8.90. The van der Waals surface area contributed by atoms with Gasteiger partial charge in [-0.2, -0.15) is 13.2 Å². The molecule has 0 aliphatic carbocycles. The second-order valence-corrected chi connectivity index (χ2v) is 7.23. The molecule has 2 rings (SSSR count). The zero-order valence-corrected chi connectivity index (χ0v) is 17.8. The van der Waals surface area contributed by atoms with Crippen molar-refractivity contribution in [2.24, 2.45) is 0 Å². The molecule has 0 saturated heterocycles. The van der Waals surface area contributed by atoms with Gasteiger partial charge in [-0.15, -0.1) is 5.92 Å². The first kappa shape index (κ1) is 24.4. The smallest absolute Gasteiger partial charge is 0.416 e. The highest BCUT2D eigenvalue weighted by molar-refractivity contribution is 6.32. The van der Waals surface area contributed by atoms with Crippen molar-refractivity contribution in [2.45, 2.75) is 44.9 Å². The van der Waals surface area contributed by atoms with Crippen LogP contribution in [0.2, 0.25) is 5.02 Å². The van der Waals surface area contributed by atoms with Crippen LogP contribution in [-0.2, 0) is 11.0 Å². The van der Waals surface area contributed by atoms with Crippen LogP contribution in [0, 0.1) is 11.8 Å². The van der Waals surface area contributed by atoms with Crippen molar-refractivity contribution in [3.63, 3.8) is 0 Å². The van der Waals surface area contributed by atoms with Gasteiger partial charge in [0, 0.05) is 6.42 Å². The highest BCUT2D eigenvalue weighted by Crippen LogP contribution is 2.35. The topological polar surface area (TPSA) is 55.8 Å². The Labute approximate surface area is 183 Å². The van der Waals surface area contributed by atoms with Gasteiger partial charge in [-0.1, -0.05) is 29.7 Å². The van der Waals surface area contributed by atoms with Crippen LogP contribution in [0.4, 0.5) is 13.2 Å². The summed E-state index contributed by atoms with van der Waals surface area (Å²) in [5.74, 6) is 5.09. The van der Waals surface area contributed by atoms with Crippen LogP contribution in [0.5, 0.6) is 11.5 Å². The lowest BCUT2D eigenvalue weighted by molar-refractivity contribution is -0.138. The molecule has 0 aromatic heterocycles. The van der Waals surface area contributed by atoms with Crippen molar-refractivity contribution >= 4 is 17.6 Å². The molecule has 0 bridgehead atoms. The number of carboxylic acids is 1. The average molecular weight is 455 g/mol. The van der Waals surface area contributed by atoms with Crippen LogP contribution in [0.3, 0.4) is 0 Å². The van der Waals surface area contributed by atoms with Crippen LogP contribution in [0.1, 0.15) is 43.7 Å². The number of benzene rings is 2. The third-order valence-corrected chi connectivity index (χ3v) is 4.66. The molecule has 0 aliphatic heterocycles. The van der Waals surface area contributed by atoms with E-state index in [2.05, 4.69) is 11.8 Å². The molecule has 31 heavy (non-hydrogen) atoms. The van der Waals surface area contributed by atoms with Crippen molar-refractivity contribution in [2.75, 3.05) is 6.61 Å². The Morgan fingerprint density at radius 3 is 2.42 bits per heavy atom. The summed E-state index contributed by atoms with van der Waals surface area (Å²) in [6.45, 7) is 3.74. The lowest BCUT2D eigenvalue weighted by atomic mass is 9.96. The minimum atomic E-state index is -4.46. The van der Waals surface area contributed by atoms with Gasteiger partial charge in [-0.05, 0) is 49.7 Å². The van der Waals surface area contributed by atoms with Crippen molar-refractivity contribution in [1.82, 2.24) is 0 Å². The maximum Gasteiger partial charge on any atom is 0.416 e. The molecular weight excluding hydrogens is 433 g/mol. The summed E-state index contributed by atoms with van der Waals surface area (Å²) in [6, 6.07) is 9.98. The number of carboxylic acid groups (broad SMARTS) is 1. The van der Waals surface area contributed by atoms with Crippen molar-refractivity contribution in [3.8, 4) is 23.3 Å². The highest BCUT2D eigenvalue weighted by Gasteiger charge is 2.31. The number of alkyl halides is 3. The average Bonchev–Trinajstić information content (AvgIpc) is 2.68. The van der Waals surface area contributed by atoms with E-state index in [1.54, 1.807) is 38.1 Å². The van der Waals surface area contributed by atoms with Gasteiger partial charge < -0.3 is 14.6 Å². The second-order valence-electron chi connectivity index (χ2n) is 6.82. The number of halogens is 4. The minimum Gasteiger partial charge on any atom is -0.493 e. The van der Waals surface area contributed by atoms with Crippen LogP contribution in [-0.4, -0.2) is 23.8 Å². The molecule has 0 saturated carbocycles. The third kappa shape index (κ3) is 7.72. The summed E-state index contributed by atoms with van der Waals surface area (Å²) in [4.78, 5) is 11.0. The fourth-order valence-electron chi connectivity index (χ4n) is 2.79. The molecule has 0 amide bonds. The van der Waals surface area contributed by atoms with Crippen LogP contribution in [0.15, 0.2) is 42.5 Å². The van der Waals surface area contributed by atoms with Gasteiger partial charge in [-0.3, -0.25) is 4.79 Å².